The number of carbonyl (C=O) groups is 1. The van der Waals surface area contributed by atoms with Crippen LogP contribution in [0.2, 0.25) is 0 Å². The maximum Gasteiger partial charge on any atom is 0.411 e. The molecule has 1 rings (SSSR count). The van der Waals surface area contributed by atoms with Crippen molar-refractivity contribution in [2.24, 2.45) is 0 Å². The monoisotopic (exact) mass is 326 g/mol. The van der Waals surface area contributed by atoms with E-state index in [1.54, 1.807) is 6.07 Å². The molecule has 0 spiro atoms. The van der Waals surface area contributed by atoms with E-state index in [-0.39, 0.29) is 5.56 Å². The van der Waals surface area contributed by atoms with Crippen LogP contribution in [0.15, 0.2) is 22.7 Å². The Hall–Kier alpha value is -1.08. The van der Waals surface area contributed by atoms with Gasteiger partial charge < -0.3 is 9.47 Å². The number of rotatable bonds is 5. The molecule has 0 aliphatic heterocycles. The van der Waals surface area contributed by atoms with Crippen LogP contribution in [-0.4, -0.2) is 32.3 Å². The molecule has 0 bridgehead atoms. The number of hydrogen-bond acceptors (Lipinski definition) is 3. The predicted molar refractivity (Wildman–Crippen MR) is 61.9 cm³/mol. The summed E-state index contributed by atoms with van der Waals surface area (Å²) in [6.07, 6.45) is -4.43. The molecule has 0 radical (unpaired) electrons. The average molecular weight is 327 g/mol. The molecule has 1 aromatic carbocycles. The Morgan fingerprint density at radius 1 is 1.39 bits per heavy atom. The third-order valence-corrected chi connectivity index (χ3v) is 2.59. The van der Waals surface area contributed by atoms with Crippen LogP contribution in [0.25, 0.3) is 0 Å². The molecule has 0 saturated heterocycles. The molecule has 0 amide bonds. The highest BCUT2D eigenvalue weighted by Crippen LogP contribution is 2.25. The summed E-state index contributed by atoms with van der Waals surface area (Å²) in [5.74, 6) is 0.00497. The molecule has 0 aliphatic carbocycles. The molecule has 3 nitrogen and oxygen atoms in total. The Labute approximate surface area is 110 Å². The summed E-state index contributed by atoms with van der Waals surface area (Å²) in [7, 11) is 1.47. The summed E-state index contributed by atoms with van der Waals surface area (Å²) >= 11 is 3.18. The molecule has 0 atom stereocenters. The maximum atomic E-state index is 11.8. The summed E-state index contributed by atoms with van der Waals surface area (Å²) < 4.78 is 45.2. The lowest BCUT2D eigenvalue weighted by Crippen LogP contribution is -2.20. The summed E-state index contributed by atoms with van der Waals surface area (Å²) in [4.78, 5) is 11.5. The number of ketones is 1. The van der Waals surface area contributed by atoms with Crippen LogP contribution in [0, 0.1) is 0 Å². The van der Waals surface area contributed by atoms with Crippen molar-refractivity contribution in [3.05, 3.63) is 28.2 Å². The van der Waals surface area contributed by atoms with E-state index in [9.17, 15) is 18.0 Å². The van der Waals surface area contributed by atoms with Gasteiger partial charge >= 0.3 is 6.18 Å². The fourth-order valence-electron chi connectivity index (χ4n) is 1.18. The van der Waals surface area contributed by atoms with Gasteiger partial charge in [0.2, 0.25) is 0 Å². The van der Waals surface area contributed by atoms with E-state index in [0.29, 0.717) is 10.2 Å². The highest BCUT2D eigenvalue weighted by atomic mass is 79.9. The minimum atomic E-state index is -4.43. The molecular weight excluding hydrogens is 317 g/mol. The average Bonchev–Trinajstić information content (AvgIpc) is 2.27. The summed E-state index contributed by atoms with van der Waals surface area (Å²) in [6.45, 7) is -2.05. The zero-order chi connectivity index (χ0) is 13.8. The van der Waals surface area contributed by atoms with Crippen LogP contribution >= 0.6 is 15.9 Å². The number of benzene rings is 1. The second-order valence-corrected chi connectivity index (χ2v) is 4.23. The van der Waals surface area contributed by atoms with Crippen molar-refractivity contribution in [3.63, 3.8) is 0 Å². The Morgan fingerprint density at radius 3 is 2.56 bits per heavy atom. The highest BCUT2D eigenvalue weighted by molar-refractivity contribution is 9.10. The van der Waals surface area contributed by atoms with Crippen molar-refractivity contribution in [2.75, 3.05) is 20.3 Å². The van der Waals surface area contributed by atoms with E-state index in [1.807, 2.05) is 0 Å². The lowest BCUT2D eigenvalue weighted by Gasteiger charge is -2.08. The topological polar surface area (TPSA) is 35.5 Å². The van der Waals surface area contributed by atoms with Gasteiger partial charge in [-0.1, -0.05) is 0 Å². The van der Waals surface area contributed by atoms with Crippen LogP contribution < -0.4 is 4.74 Å². The van der Waals surface area contributed by atoms with Gasteiger partial charge in [0.1, 0.15) is 19.0 Å². The molecule has 0 unspecified atom stereocenters. The second-order valence-electron chi connectivity index (χ2n) is 3.38. The molecule has 100 valence electrons. The Kier molecular flexibility index (Phi) is 5.15. The molecule has 7 heteroatoms. The van der Waals surface area contributed by atoms with Crippen molar-refractivity contribution < 1.29 is 27.4 Å². The van der Waals surface area contributed by atoms with Gasteiger partial charge in [-0.15, -0.1) is 0 Å². The smallest absolute Gasteiger partial charge is 0.411 e. The zero-order valence-electron chi connectivity index (χ0n) is 9.38. The van der Waals surface area contributed by atoms with E-state index >= 15 is 0 Å². The fourth-order valence-corrected chi connectivity index (χ4v) is 1.72. The van der Waals surface area contributed by atoms with E-state index in [0.717, 1.165) is 0 Å². The van der Waals surface area contributed by atoms with Crippen LogP contribution in [0.5, 0.6) is 5.75 Å². The minimum absolute atomic E-state index is 0.254. The SMILES string of the molecule is COc1ccc(C(=O)COCC(F)(F)F)cc1Br. The van der Waals surface area contributed by atoms with Crippen molar-refractivity contribution in [3.8, 4) is 5.75 Å². The number of halogens is 4. The van der Waals surface area contributed by atoms with Crippen molar-refractivity contribution >= 4 is 21.7 Å². The maximum absolute atomic E-state index is 11.8. The van der Waals surface area contributed by atoms with Gasteiger partial charge in [-0.2, -0.15) is 13.2 Å². The van der Waals surface area contributed by atoms with Crippen LogP contribution in [0.4, 0.5) is 13.2 Å². The Balaban J connectivity index is 2.59. The first-order valence-electron chi connectivity index (χ1n) is 4.84. The third kappa shape index (κ3) is 4.66. The quantitative estimate of drug-likeness (QED) is 0.779. The van der Waals surface area contributed by atoms with Gasteiger partial charge in [-0.3, -0.25) is 4.79 Å². The highest BCUT2D eigenvalue weighted by Gasteiger charge is 2.27. The minimum Gasteiger partial charge on any atom is -0.496 e. The van der Waals surface area contributed by atoms with Crippen molar-refractivity contribution in [2.45, 2.75) is 6.18 Å². The van der Waals surface area contributed by atoms with Gasteiger partial charge in [-0.05, 0) is 34.1 Å². The van der Waals surface area contributed by atoms with E-state index in [1.165, 1.54) is 19.2 Å². The number of alkyl halides is 3. The molecular formula is C11H10BrF3O3. The van der Waals surface area contributed by atoms with Crippen LogP contribution in [-0.2, 0) is 4.74 Å². The first kappa shape index (κ1) is 15.0. The number of Topliss-reactive ketones (excluding diaryl/α,β-unsaturated/α-hetero) is 1. The first-order valence-corrected chi connectivity index (χ1v) is 5.64. The molecule has 0 fully saturated rings. The lowest BCUT2D eigenvalue weighted by molar-refractivity contribution is -0.170. The molecule has 18 heavy (non-hydrogen) atoms. The molecule has 0 aliphatic rings. The van der Waals surface area contributed by atoms with Gasteiger partial charge in [0.25, 0.3) is 0 Å². The molecule has 0 aromatic heterocycles. The largest absolute Gasteiger partial charge is 0.496 e. The number of carbonyl (C=O) groups excluding carboxylic acids is 1. The molecule has 0 heterocycles. The fraction of sp³-hybridized carbons (Fsp3) is 0.364. The molecule has 0 N–H and O–H groups in total. The van der Waals surface area contributed by atoms with E-state index < -0.39 is 25.2 Å². The number of methoxy groups -OCH3 is 1. The standard InChI is InChI=1S/C11H10BrF3O3/c1-17-10-3-2-7(4-8(10)12)9(16)5-18-6-11(13,14)15/h2-4H,5-6H2,1H3. The van der Waals surface area contributed by atoms with Gasteiger partial charge in [-0.25, -0.2) is 0 Å². The molecule has 0 saturated carbocycles. The Bertz CT molecular complexity index is 432. The van der Waals surface area contributed by atoms with Crippen LogP contribution in [0.1, 0.15) is 10.4 Å². The van der Waals surface area contributed by atoms with Crippen molar-refractivity contribution in [1.82, 2.24) is 0 Å². The zero-order valence-corrected chi connectivity index (χ0v) is 11.0. The van der Waals surface area contributed by atoms with Crippen LogP contribution in [0.3, 0.4) is 0 Å². The first-order chi connectivity index (χ1) is 8.33. The normalized spacial score (nSPS) is 11.4. The lowest BCUT2D eigenvalue weighted by atomic mass is 10.1. The number of ether oxygens (including phenoxy) is 2. The van der Waals surface area contributed by atoms with Crippen molar-refractivity contribution in [1.29, 1.82) is 0 Å². The van der Waals surface area contributed by atoms with E-state index in [2.05, 4.69) is 20.7 Å². The van der Waals surface area contributed by atoms with Gasteiger partial charge in [0.15, 0.2) is 5.78 Å². The summed E-state index contributed by atoms with van der Waals surface area (Å²) in [5.41, 5.74) is 0.254. The van der Waals surface area contributed by atoms with Gasteiger partial charge in [0, 0.05) is 5.56 Å². The molecule has 1 aromatic rings. The second kappa shape index (κ2) is 6.19. The predicted octanol–water partition coefficient (Wildman–Crippen LogP) is 3.22. The number of hydrogen-bond donors (Lipinski definition) is 0. The summed E-state index contributed by atoms with van der Waals surface area (Å²) in [6, 6.07) is 4.47. The van der Waals surface area contributed by atoms with Gasteiger partial charge in [0.05, 0.1) is 11.6 Å². The summed E-state index contributed by atoms with van der Waals surface area (Å²) in [5, 5.41) is 0. The third-order valence-electron chi connectivity index (χ3n) is 1.97. The Morgan fingerprint density at radius 2 is 2.06 bits per heavy atom. The van der Waals surface area contributed by atoms with E-state index in [4.69, 9.17) is 4.74 Å².